The fourth-order valence-electron chi connectivity index (χ4n) is 1.98. The third-order valence-electron chi connectivity index (χ3n) is 3.11. The van der Waals surface area contributed by atoms with Crippen LogP contribution in [0.15, 0.2) is 8.68 Å². The van der Waals surface area contributed by atoms with Crippen LogP contribution < -0.4 is 0 Å². The van der Waals surface area contributed by atoms with Gasteiger partial charge in [-0.2, -0.15) is 0 Å². The molecule has 0 aliphatic rings. The summed E-state index contributed by atoms with van der Waals surface area (Å²) in [5.74, 6) is 1.21. The summed E-state index contributed by atoms with van der Waals surface area (Å²) in [5, 5.41) is 7.93. The van der Waals surface area contributed by atoms with Crippen molar-refractivity contribution in [3.63, 3.8) is 0 Å². The van der Waals surface area contributed by atoms with Gasteiger partial charge in [0.05, 0.1) is 0 Å². The van der Waals surface area contributed by atoms with Crippen LogP contribution in [0.4, 0.5) is 0 Å². The van der Waals surface area contributed by atoms with Gasteiger partial charge in [-0.3, -0.25) is 0 Å². The van der Waals surface area contributed by atoms with Crippen LogP contribution in [0.2, 0.25) is 0 Å². The molecule has 1 aromatic rings. The lowest BCUT2D eigenvalue weighted by Gasteiger charge is -2.02. The Morgan fingerprint density at radius 3 is 2.05 bits per heavy atom. The molecule has 6 heteroatoms. The Kier molecular flexibility index (Phi) is 12.4. The molecule has 0 atom stereocenters. The van der Waals surface area contributed by atoms with Crippen LogP contribution >= 0.6 is 45.6 Å². The van der Waals surface area contributed by atoms with Gasteiger partial charge in [0, 0.05) is 5.75 Å². The molecular formula is C14H26N2S4. The number of aromatic nitrogens is 2. The lowest BCUT2D eigenvalue weighted by atomic mass is 10.1. The first kappa shape index (κ1) is 18.7. The van der Waals surface area contributed by atoms with Crippen LogP contribution in [-0.4, -0.2) is 16.0 Å². The summed E-state index contributed by atoms with van der Waals surface area (Å²) in [7, 11) is 3.62. The predicted octanol–water partition coefficient (Wildman–Crippen LogP) is 6.49. The molecule has 1 aromatic heterocycles. The molecule has 20 heavy (non-hydrogen) atoms. The zero-order valence-corrected chi connectivity index (χ0v) is 15.7. The summed E-state index contributed by atoms with van der Waals surface area (Å²) in [6, 6.07) is 0. The Labute approximate surface area is 141 Å². The molecule has 0 spiro atoms. The second-order valence-corrected chi connectivity index (χ2v) is 9.30. The number of nitrogens with zero attached hydrogens (tertiary/aromatic N) is 2. The number of thiol groups is 1. The third kappa shape index (κ3) is 10.4. The van der Waals surface area contributed by atoms with Gasteiger partial charge in [-0.25, -0.2) is 0 Å². The minimum absolute atomic E-state index is 0.757. The fourth-order valence-corrected chi connectivity index (χ4v) is 5.48. The normalized spacial score (nSPS) is 11.1. The Hall–Kier alpha value is 0.610. The molecule has 0 N–H and O–H groups in total. The molecule has 1 rings (SSSR count). The quantitative estimate of drug-likeness (QED) is 0.250. The van der Waals surface area contributed by atoms with Crippen molar-refractivity contribution in [3.8, 4) is 0 Å². The van der Waals surface area contributed by atoms with Gasteiger partial charge in [0.2, 0.25) is 0 Å². The highest BCUT2D eigenvalue weighted by Gasteiger charge is 2.01. The predicted molar refractivity (Wildman–Crippen MR) is 97.3 cm³/mol. The van der Waals surface area contributed by atoms with Gasteiger partial charge in [0.15, 0.2) is 8.68 Å². The van der Waals surface area contributed by atoms with Crippen LogP contribution in [0.25, 0.3) is 0 Å². The number of unbranched alkanes of at least 4 members (excludes halogenated alkanes) is 9. The monoisotopic (exact) mass is 350 g/mol. The highest BCUT2D eigenvalue weighted by atomic mass is 33.1. The zero-order valence-electron chi connectivity index (χ0n) is 12.3. The summed E-state index contributed by atoms with van der Waals surface area (Å²) in [4.78, 5) is 0. The maximum atomic E-state index is 4.17. The van der Waals surface area contributed by atoms with Gasteiger partial charge >= 0.3 is 0 Å². The first-order chi connectivity index (χ1) is 9.83. The highest BCUT2D eigenvalue weighted by molar-refractivity contribution is 8.77. The maximum absolute atomic E-state index is 4.17. The topological polar surface area (TPSA) is 25.8 Å². The summed E-state index contributed by atoms with van der Waals surface area (Å²) in [6.07, 6.45) is 14.0. The molecule has 0 saturated heterocycles. The second-order valence-electron chi connectivity index (χ2n) is 4.94. The lowest BCUT2D eigenvalue weighted by Crippen LogP contribution is -1.83. The van der Waals surface area contributed by atoms with E-state index in [1.54, 1.807) is 22.1 Å². The molecule has 1 heterocycles. The molecule has 0 aliphatic carbocycles. The molecule has 0 fully saturated rings. The van der Waals surface area contributed by atoms with Gasteiger partial charge in [0.1, 0.15) is 0 Å². The largest absolute Gasteiger partial charge is 0.185 e. The molecule has 116 valence electrons. The zero-order chi connectivity index (χ0) is 14.5. The first-order valence-corrected chi connectivity index (χ1v) is 11.2. The average Bonchev–Trinajstić information content (AvgIpc) is 2.86. The van der Waals surface area contributed by atoms with Crippen LogP contribution in [0.5, 0.6) is 0 Å². The van der Waals surface area contributed by atoms with Crippen LogP contribution in [-0.2, 0) is 0 Å². The molecule has 0 unspecified atom stereocenters. The Balaban J connectivity index is 1.76. The van der Waals surface area contributed by atoms with E-state index in [1.165, 1.54) is 70.0 Å². The van der Waals surface area contributed by atoms with E-state index < -0.39 is 0 Å². The van der Waals surface area contributed by atoms with E-state index in [1.807, 2.05) is 10.8 Å². The minimum atomic E-state index is 0.757. The van der Waals surface area contributed by atoms with E-state index >= 15 is 0 Å². The summed E-state index contributed by atoms with van der Waals surface area (Å²) >= 11 is 5.72. The molecule has 0 bridgehead atoms. The molecule has 0 radical (unpaired) electrons. The smallest absolute Gasteiger partial charge is 0.131 e. The Morgan fingerprint density at radius 1 is 0.900 bits per heavy atom. The Bertz CT molecular complexity index is 331. The van der Waals surface area contributed by atoms with Crippen molar-refractivity contribution in [2.24, 2.45) is 0 Å². The van der Waals surface area contributed by atoms with E-state index in [2.05, 4.69) is 29.7 Å². The van der Waals surface area contributed by atoms with Gasteiger partial charge in [-0.05, 0) is 17.2 Å². The van der Waals surface area contributed by atoms with Crippen molar-refractivity contribution in [2.75, 3.05) is 5.75 Å². The molecule has 0 saturated carbocycles. The van der Waals surface area contributed by atoms with Gasteiger partial charge in [-0.1, -0.05) is 86.8 Å². The van der Waals surface area contributed by atoms with Crippen LogP contribution in [0.1, 0.15) is 71.1 Å². The van der Waals surface area contributed by atoms with Gasteiger partial charge in [-0.15, -0.1) is 22.8 Å². The molecule has 0 amide bonds. The number of hydrogen-bond donors (Lipinski definition) is 1. The van der Waals surface area contributed by atoms with E-state index in [4.69, 9.17) is 0 Å². The SMILES string of the molecule is CCCCCCCCCCCCSSc1nnc(S)s1. The van der Waals surface area contributed by atoms with E-state index in [-0.39, 0.29) is 0 Å². The Morgan fingerprint density at radius 2 is 1.50 bits per heavy atom. The summed E-state index contributed by atoms with van der Waals surface area (Å²) < 4.78 is 1.78. The molecular weight excluding hydrogens is 324 g/mol. The summed E-state index contributed by atoms with van der Waals surface area (Å²) in [5.41, 5.74) is 0. The van der Waals surface area contributed by atoms with Crippen LogP contribution in [0, 0.1) is 0 Å². The van der Waals surface area contributed by atoms with E-state index in [9.17, 15) is 0 Å². The molecule has 0 aliphatic heterocycles. The van der Waals surface area contributed by atoms with E-state index in [0.717, 1.165) is 8.68 Å². The van der Waals surface area contributed by atoms with Crippen molar-refractivity contribution < 1.29 is 0 Å². The molecule has 0 aromatic carbocycles. The van der Waals surface area contributed by atoms with Crippen molar-refractivity contribution in [1.29, 1.82) is 0 Å². The van der Waals surface area contributed by atoms with Crippen molar-refractivity contribution in [2.45, 2.75) is 79.8 Å². The van der Waals surface area contributed by atoms with Crippen molar-refractivity contribution in [1.82, 2.24) is 10.2 Å². The standard InChI is InChI=1S/C14H26N2S4/c1-2-3-4-5-6-7-8-9-10-11-12-18-20-14-16-15-13(17)19-14/h2-12H2,1H3,(H,15,17). The first-order valence-electron chi connectivity index (χ1n) is 7.65. The average molecular weight is 351 g/mol. The number of hydrogen-bond acceptors (Lipinski definition) is 6. The van der Waals surface area contributed by atoms with Crippen molar-refractivity contribution >= 4 is 45.6 Å². The van der Waals surface area contributed by atoms with Gasteiger partial charge < -0.3 is 0 Å². The van der Waals surface area contributed by atoms with E-state index in [0.29, 0.717) is 0 Å². The number of rotatable bonds is 13. The highest BCUT2D eigenvalue weighted by Crippen LogP contribution is 2.34. The van der Waals surface area contributed by atoms with Crippen molar-refractivity contribution in [3.05, 3.63) is 0 Å². The lowest BCUT2D eigenvalue weighted by molar-refractivity contribution is 0.563. The van der Waals surface area contributed by atoms with Crippen LogP contribution in [0.3, 0.4) is 0 Å². The molecule has 2 nitrogen and oxygen atoms in total. The third-order valence-corrected chi connectivity index (χ3v) is 6.93. The minimum Gasteiger partial charge on any atom is -0.131 e. The second kappa shape index (κ2) is 13.3. The maximum Gasteiger partial charge on any atom is 0.185 e. The fraction of sp³-hybridized carbons (Fsp3) is 0.857. The summed E-state index contributed by atoms with van der Waals surface area (Å²) in [6.45, 7) is 2.28. The van der Waals surface area contributed by atoms with Gasteiger partial charge in [0.25, 0.3) is 0 Å².